The van der Waals surface area contributed by atoms with Crippen LogP contribution in [0.2, 0.25) is 0 Å². The molecule has 0 aliphatic carbocycles. The Balaban J connectivity index is 1.60. The van der Waals surface area contributed by atoms with Crippen LogP contribution in [0.25, 0.3) is 10.6 Å². The van der Waals surface area contributed by atoms with E-state index >= 15 is 0 Å². The van der Waals surface area contributed by atoms with Crippen LogP contribution < -0.4 is 15.4 Å². The third-order valence-electron chi connectivity index (χ3n) is 3.00. The molecule has 0 fully saturated rings. The number of carbonyl (C=O) groups is 1. The summed E-state index contributed by atoms with van der Waals surface area (Å²) in [4.78, 5) is 16.0. The number of ether oxygens (including phenoxy) is 1. The van der Waals surface area contributed by atoms with Crippen LogP contribution in [0.4, 0.5) is 15.6 Å². The quantitative estimate of drug-likeness (QED) is 0.739. The van der Waals surface area contributed by atoms with Gasteiger partial charge in [-0.25, -0.2) is 4.79 Å². The molecule has 0 radical (unpaired) electrons. The summed E-state index contributed by atoms with van der Waals surface area (Å²) in [6.45, 7) is 2.52. The number of benzene rings is 1. The van der Waals surface area contributed by atoms with E-state index < -0.39 is 0 Å². The zero-order valence-electron chi connectivity index (χ0n) is 12.9. The fourth-order valence-electron chi connectivity index (χ4n) is 1.95. The number of amides is 2. The maximum absolute atomic E-state index is 12.0. The van der Waals surface area contributed by atoms with E-state index in [9.17, 15) is 4.79 Å². The van der Waals surface area contributed by atoms with E-state index in [1.165, 1.54) is 11.3 Å². The zero-order chi connectivity index (χ0) is 16.8. The Bertz CT molecular complexity index is 805. The van der Waals surface area contributed by atoms with Crippen LogP contribution >= 0.6 is 11.3 Å². The van der Waals surface area contributed by atoms with Crippen LogP contribution in [0.15, 0.2) is 48.8 Å². The molecule has 2 aromatic heterocycles. The Labute approximate surface area is 142 Å². The first-order valence-electron chi connectivity index (χ1n) is 7.29. The molecule has 3 rings (SSSR count). The lowest BCUT2D eigenvalue weighted by atomic mass is 10.3. The summed E-state index contributed by atoms with van der Waals surface area (Å²) < 4.78 is 5.36. The average Bonchev–Trinajstić information content (AvgIpc) is 3.06. The minimum atomic E-state index is -0.378. The predicted molar refractivity (Wildman–Crippen MR) is 93.4 cm³/mol. The number of urea groups is 1. The molecule has 122 valence electrons. The first-order valence-corrected chi connectivity index (χ1v) is 8.11. The van der Waals surface area contributed by atoms with Crippen LogP contribution in [0.3, 0.4) is 0 Å². The molecule has 2 heterocycles. The van der Waals surface area contributed by atoms with E-state index in [1.807, 2.05) is 19.1 Å². The molecule has 0 atom stereocenters. The second kappa shape index (κ2) is 7.51. The van der Waals surface area contributed by atoms with E-state index in [0.29, 0.717) is 22.4 Å². The molecule has 0 unspecified atom stereocenters. The molecule has 0 saturated carbocycles. The van der Waals surface area contributed by atoms with E-state index in [-0.39, 0.29) is 6.03 Å². The number of pyridine rings is 1. The van der Waals surface area contributed by atoms with Crippen molar-refractivity contribution in [1.29, 1.82) is 0 Å². The van der Waals surface area contributed by atoms with Gasteiger partial charge in [-0.2, -0.15) is 0 Å². The highest BCUT2D eigenvalue weighted by Gasteiger charge is 2.09. The molecule has 0 saturated heterocycles. The van der Waals surface area contributed by atoms with E-state index in [2.05, 4.69) is 25.8 Å². The molecule has 0 aliphatic rings. The molecule has 24 heavy (non-hydrogen) atoms. The van der Waals surface area contributed by atoms with Crippen molar-refractivity contribution in [1.82, 2.24) is 15.2 Å². The monoisotopic (exact) mass is 341 g/mol. The van der Waals surface area contributed by atoms with Gasteiger partial charge >= 0.3 is 6.03 Å². The van der Waals surface area contributed by atoms with Gasteiger partial charge in [0.1, 0.15) is 10.8 Å². The van der Waals surface area contributed by atoms with Crippen molar-refractivity contribution in [3.05, 3.63) is 48.8 Å². The maximum atomic E-state index is 12.0. The second-order valence-corrected chi connectivity index (χ2v) is 5.66. The van der Waals surface area contributed by atoms with Crippen LogP contribution in [0.5, 0.6) is 5.75 Å². The number of hydrogen-bond donors (Lipinski definition) is 2. The number of anilines is 2. The molecule has 7 nitrogen and oxygen atoms in total. The number of rotatable bonds is 5. The van der Waals surface area contributed by atoms with Gasteiger partial charge in [-0.1, -0.05) is 11.3 Å². The SMILES string of the molecule is CCOc1ccc(NC(=O)Nc2nnc(-c3ccncc3)s2)cc1. The van der Waals surface area contributed by atoms with Gasteiger partial charge in [0.15, 0.2) is 0 Å². The van der Waals surface area contributed by atoms with Crippen LogP contribution in [-0.4, -0.2) is 27.8 Å². The standard InChI is InChI=1S/C16H15N5O2S/c1-2-23-13-5-3-12(4-6-13)18-15(22)19-16-21-20-14(24-16)11-7-9-17-10-8-11/h3-10H,2H2,1H3,(H2,18,19,21,22). The lowest BCUT2D eigenvalue weighted by Crippen LogP contribution is -2.19. The zero-order valence-corrected chi connectivity index (χ0v) is 13.7. The first kappa shape index (κ1) is 15.9. The van der Waals surface area contributed by atoms with Gasteiger partial charge in [-0.05, 0) is 43.3 Å². The molecule has 3 aromatic rings. The summed E-state index contributed by atoms with van der Waals surface area (Å²) in [5, 5.41) is 14.6. The summed E-state index contributed by atoms with van der Waals surface area (Å²) in [5.74, 6) is 0.759. The summed E-state index contributed by atoms with van der Waals surface area (Å²) in [6.07, 6.45) is 3.37. The highest BCUT2D eigenvalue weighted by molar-refractivity contribution is 7.18. The van der Waals surface area contributed by atoms with Crippen molar-refractivity contribution >= 4 is 28.2 Å². The third-order valence-corrected chi connectivity index (χ3v) is 3.88. The molecule has 8 heteroatoms. The first-order chi connectivity index (χ1) is 11.7. The van der Waals surface area contributed by atoms with Gasteiger partial charge in [-0.15, -0.1) is 10.2 Å². The minimum Gasteiger partial charge on any atom is -0.494 e. The highest BCUT2D eigenvalue weighted by Crippen LogP contribution is 2.25. The van der Waals surface area contributed by atoms with Gasteiger partial charge in [0, 0.05) is 23.6 Å². The largest absolute Gasteiger partial charge is 0.494 e. The minimum absolute atomic E-state index is 0.378. The smallest absolute Gasteiger partial charge is 0.325 e. The van der Waals surface area contributed by atoms with Crippen molar-refractivity contribution in [2.24, 2.45) is 0 Å². The van der Waals surface area contributed by atoms with Gasteiger partial charge in [0.2, 0.25) is 5.13 Å². The van der Waals surface area contributed by atoms with Gasteiger partial charge in [0.05, 0.1) is 6.61 Å². The Morgan fingerprint density at radius 3 is 2.54 bits per heavy atom. The van der Waals surface area contributed by atoms with E-state index in [0.717, 1.165) is 11.3 Å². The highest BCUT2D eigenvalue weighted by atomic mass is 32.1. The Hall–Kier alpha value is -3.00. The van der Waals surface area contributed by atoms with E-state index in [1.54, 1.807) is 36.7 Å². The molecular weight excluding hydrogens is 326 g/mol. The Kier molecular flexibility index (Phi) is 4.97. The average molecular weight is 341 g/mol. The molecule has 0 bridgehead atoms. The number of nitrogens with zero attached hydrogens (tertiary/aromatic N) is 3. The number of hydrogen-bond acceptors (Lipinski definition) is 6. The van der Waals surface area contributed by atoms with Gasteiger partial charge in [0.25, 0.3) is 0 Å². The van der Waals surface area contributed by atoms with Crippen LogP contribution in [0, 0.1) is 0 Å². The number of aromatic nitrogens is 3. The summed E-state index contributed by atoms with van der Waals surface area (Å²) in [5.41, 5.74) is 1.57. The van der Waals surface area contributed by atoms with Gasteiger partial charge < -0.3 is 10.1 Å². The third kappa shape index (κ3) is 4.05. The van der Waals surface area contributed by atoms with Crippen molar-refractivity contribution in [3.63, 3.8) is 0 Å². The van der Waals surface area contributed by atoms with Crippen molar-refractivity contribution < 1.29 is 9.53 Å². The lowest BCUT2D eigenvalue weighted by molar-refractivity contribution is 0.262. The number of nitrogens with one attached hydrogen (secondary N) is 2. The molecule has 0 spiro atoms. The lowest BCUT2D eigenvalue weighted by Gasteiger charge is -2.06. The molecule has 1 aromatic carbocycles. The second-order valence-electron chi connectivity index (χ2n) is 4.68. The van der Waals surface area contributed by atoms with Crippen LogP contribution in [-0.2, 0) is 0 Å². The molecule has 2 N–H and O–H groups in total. The maximum Gasteiger partial charge on any atom is 0.325 e. The van der Waals surface area contributed by atoms with Crippen LogP contribution in [0.1, 0.15) is 6.92 Å². The van der Waals surface area contributed by atoms with Crippen molar-refractivity contribution in [3.8, 4) is 16.3 Å². The number of carbonyl (C=O) groups excluding carboxylic acids is 1. The summed E-state index contributed by atoms with van der Waals surface area (Å²) in [6, 6.07) is 10.4. The summed E-state index contributed by atoms with van der Waals surface area (Å²) in [7, 11) is 0. The molecule has 0 aliphatic heterocycles. The fourth-order valence-corrected chi connectivity index (χ4v) is 2.69. The Morgan fingerprint density at radius 2 is 1.83 bits per heavy atom. The predicted octanol–water partition coefficient (Wildman–Crippen LogP) is 3.64. The summed E-state index contributed by atoms with van der Waals surface area (Å²) >= 11 is 1.29. The molecule has 2 amide bonds. The topological polar surface area (TPSA) is 89.0 Å². The molecular formula is C16H15N5O2S. The van der Waals surface area contributed by atoms with Gasteiger partial charge in [-0.3, -0.25) is 10.3 Å². The normalized spacial score (nSPS) is 10.2. The van der Waals surface area contributed by atoms with Crippen molar-refractivity contribution in [2.75, 3.05) is 17.2 Å². The Morgan fingerprint density at radius 1 is 1.08 bits per heavy atom. The van der Waals surface area contributed by atoms with Crippen molar-refractivity contribution in [2.45, 2.75) is 6.92 Å². The van der Waals surface area contributed by atoms with E-state index in [4.69, 9.17) is 4.74 Å². The fraction of sp³-hybridized carbons (Fsp3) is 0.125.